The molecule has 7 heteroatoms. The third kappa shape index (κ3) is 2.59. The lowest BCUT2D eigenvalue weighted by molar-refractivity contribution is -0.135. The Morgan fingerprint density at radius 2 is 1.84 bits per heavy atom. The maximum Gasteiger partial charge on any atom is 0.389 e. The van der Waals surface area contributed by atoms with Gasteiger partial charge in [-0.25, -0.2) is 4.39 Å². The summed E-state index contributed by atoms with van der Waals surface area (Å²) in [6.07, 6.45) is -5.81. The minimum atomic E-state index is -4.34. The maximum absolute atomic E-state index is 13.6. The summed E-state index contributed by atoms with van der Waals surface area (Å²) >= 11 is 0. The van der Waals surface area contributed by atoms with Gasteiger partial charge in [0.2, 0.25) is 0 Å². The maximum atomic E-state index is 13.6. The van der Waals surface area contributed by atoms with Gasteiger partial charge < -0.3 is 4.90 Å². The molecule has 0 saturated heterocycles. The fourth-order valence-corrected chi connectivity index (χ4v) is 1.96. The highest BCUT2D eigenvalue weighted by atomic mass is 19.4. The third-order valence-electron chi connectivity index (χ3n) is 2.78. The number of nitrogens with zero attached hydrogens (tertiary/aromatic N) is 1. The van der Waals surface area contributed by atoms with E-state index in [2.05, 4.69) is 0 Å². The number of anilines is 1. The van der Waals surface area contributed by atoms with Gasteiger partial charge in [0.1, 0.15) is 5.82 Å². The molecule has 1 aromatic carbocycles. The van der Waals surface area contributed by atoms with E-state index in [-0.39, 0.29) is 24.2 Å². The van der Waals surface area contributed by atoms with E-state index in [1.165, 1.54) is 12.1 Å². The lowest BCUT2D eigenvalue weighted by atomic mass is 10.1. The fourth-order valence-electron chi connectivity index (χ4n) is 1.96. The molecule has 0 aliphatic carbocycles. The number of amides is 1. The van der Waals surface area contributed by atoms with Gasteiger partial charge in [0, 0.05) is 13.0 Å². The van der Waals surface area contributed by atoms with Crippen molar-refractivity contribution >= 4 is 17.4 Å². The quantitative estimate of drug-likeness (QED) is 0.628. The van der Waals surface area contributed by atoms with Crippen molar-refractivity contribution < 1.29 is 27.2 Å². The Bertz CT molecular complexity index is 539. The summed E-state index contributed by atoms with van der Waals surface area (Å²) in [7, 11) is 0. The number of Topliss-reactive ketones (excluding diaryl/α,β-unsaturated/α-hetero) is 1. The van der Waals surface area contributed by atoms with Crippen LogP contribution in [0.15, 0.2) is 18.2 Å². The Balaban J connectivity index is 2.19. The van der Waals surface area contributed by atoms with Gasteiger partial charge >= 0.3 is 6.18 Å². The molecule has 0 spiro atoms. The van der Waals surface area contributed by atoms with E-state index < -0.39 is 30.1 Å². The molecule has 0 saturated carbocycles. The third-order valence-corrected chi connectivity index (χ3v) is 2.78. The lowest BCUT2D eigenvalue weighted by Gasteiger charge is -2.17. The Kier molecular flexibility index (Phi) is 3.30. The smallest absolute Gasteiger partial charge is 0.302 e. The molecule has 0 aromatic heterocycles. The van der Waals surface area contributed by atoms with Crippen molar-refractivity contribution in [2.75, 3.05) is 11.4 Å². The molecule has 0 atom stereocenters. The predicted molar refractivity (Wildman–Crippen MR) is 58.4 cm³/mol. The number of alkyl halides is 3. The zero-order valence-electron chi connectivity index (χ0n) is 9.63. The molecule has 1 aliphatic heterocycles. The number of benzene rings is 1. The average molecular weight is 275 g/mol. The first-order chi connectivity index (χ1) is 8.81. The molecule has 1 heterocycles. The number of hydrogen-bond donors (Lipinski definition) is 0. The second-order valence-corrected chi connectivity index (χ2v) is 4.14. The minimum Gasteiger partial charge on any atom is -0.302 e. The molecule has 0 unspecified atom stereocenters. The summed E-state index contributed by atoms with van der Waals surface area (Å²) in [5.41, 5.74) is -0.323. The van der Waals surface area contributed by atoms with Crippen LogP contribution < -0.4 is 4.90 Å². The second-order valence-electron chi connectivity index (χ2n) is 4.14. The molecule has 0 fully saturated rings. The average Bonchev–Trinajstić information content (AvgIpc) is 2.54. The molecule has 2 rings (SSSR count). The van der Waals surface area contributed by atoms with Gasteiger partial charge in [0.15, 0.2) is 0 Å². The van der Waals surface area contributed by atoms with E-state index in [1.54, 1.807) is 0 Å². The molecular formula is C12H9F4NO2. The monoisotopic (exact) mass is 275 g/mol. The zero-order valence-corrected chi connectivity index (χ0v) is 9.63. The topological polar surface area (TPSA) is 37.4 Å². The van der Waals surface area contributed by atoms with Crippen molar-refractivity contribution in [2.24, 2.45) is 0 Å². The summed E-state index contributed by atoms with van der Waals surface area (Å²) in [6.45, 7) is -0.335. The number of hydrogen-bond acceptors (Lipinski definition) is 2. The van der Waals surface area contributed by atoms with Gasteiger partial charge in [-0.05, 0) is 18.6 Å². The van der Waals surface area contributed by atoms with Crippen LogP contribution in [-0.4, -0.2) is 24.4 Å². The molecule has 0 radical (unpaired) electrons. The number of para-hydroxylation sites is 1. The van der Waals surface area contributed by atoms with E-state index in [0.29, 0.717) is 0 Å². The van der Waals surface area contributed by atoms with Crippen molar-refractivity contribution in [3.8, 4) is 0 Å². The van der Waals surface area contributed by atoms with Gasteiger partial charge in [0.05, 0.1) is 11.3 Å². The highest BCUT2D eigenvalue weighted by Crippen LogP contribution is 2.32. The standard InChI is InChI=1S/C12H9F4NO2/c13-8-4-1-3-7-9(8)17(11(19)10(7)18)6-2-5-12(14,15)16/h1,3-4H,2,5-6H2. The first kappa shape index (κ1) is 13.5. The van der Waals surface area contributed by atoms with Gasteiger partial charge in [-0.1, -0.05) is 6.07 Å². The number of carbonyl (C=O) groups is 2. The first-order valence-electron chi connectivity index (χ1n) is 5.53. The predicted octanol–water partition coefficient (Wildman–Crippen LogP) is 2.70. The fraction of sp³-hybridized carbons (Fsp3) is 0.333. The largest absolute Gasteiger partial charge is 0.389 e. The van der Waals surface area contributed by atoms with Crippen LogP contribution in [0.3, 0.4) is 0 Å². The summed E-state index contributed by atoms with van der Waals surface area (Å²) in [4.78, 5) is 23.9. The van der Waals surface area contributed by atoms with Crippen LogP contribution in [-0.2, 0) is 4.79 Å². The lowest BCUT2D eigenvalue weighted by Crippen LogP contribution is -2.31. The zero-order chi connectivity index (χ0) is 14.2. The Labute approximate surface area is 105 Å². The SMILES string of the molecule is O=C1C(=O)N(CCCC(F)(F)F)c2c(F)cccc21. The van der Waals surface area contributed by atoms with E-state index in [4.69, 9.17) is 0 Å². The van der Waals surface area contributed by atoms with E-state index in [1.807, 2.05) is 0 Å². The summed E-state index contributed by atoms with van der Waals surface area (Å²) < 4.78 is 49.7. The van der Waals surface area contributed by atoms with Crippen molar-refractivity contribution in [3.05, 3.63) is 29.6 Å². The van der Waals surface area contributed by atoms with Gasteiger partial charge in [-0.15, -0.1) is 0 Å². The van der Waals surface area contributed by atoms with E-state index in [9.17, 15) is 27.2 Å². The van der Waals surface area contributed by atoms with Crippen LogP contribution in [0.25, 0.3) is 0 Å². The normalized spacial score (nSPS) is 15.1. The number of halogens is 4. The Morgan fingerprint density at radius 3 is 2.47 bits per heavy atom. The van der Waals surface area contributed by atoms with Crippen molar-refractivity contribution in [3.63, 3.8) is 0 Å². The van der Waals surface area contributed by atoms with Gasteiger partial charge in [0.25, 0.3) is 11.7 Å². The van der Waals surface area contributed by atoms with Gasteiger partial charge in [-0.3, -0.25) is 9.59 Å². The highest BCUT2D eigenvalue weighted by Gasteiger charge is 2.38. The molecule has 0 bridgehead atoms. The number of fused-ring (bicyclic) bond motifs is 1. The van der Waals surface area contributed by atoms with Gasteiger partial charge in [-0.2, -0.15) is 13.2 Å². The van der Waals surface area contributed by atoms with Crippen LogP contribution in [0.2, 0.25) is 0 Å². The van der Waals surface area contributed by atoms with Crippen LogP contribution >= 0.6 is 0 Å². The highest BCUT2D eigenvalue weighted by molar-refractivity contribution is 6.52. The van der Waals surface area contributed by atoms with Crippen LogP contribution in [0.5, 0.6) is 0 Å². The Morgan fingerprint density at radius 1 is 1.16 bits per heavy atom. The number of carbonyl (C=O) groups excluding carboxylic acids is 2. The van der Waals surface area contributed by atoms with Crippen molar-refractivity contribution in [2.45, 2.75) is 19.0 Å². The molecule has 1 aromatic rings. The molecule has 1 aliphatic rings. The molecular weight excluding hydrogens is 266 g/mol. The second kappa shape index (κ2) is 4.64. The van der Waals surface area contributed by atoms with Crippen LogP contribution in [0.4, 0.5) is 23.2 Å². The molecule has 1 amide bonds. The van der Waals surface area contributed by atoms with Crippen LogP contribution in [0.1, 0.15) is 23.2 Å². The van der Waals surface area contributed by atoms with E-state index in [0.717, 1.165) is 11.0 Å². The summed E-state index contributed by atoms with van der Waals surface area (Å²) in [5.74, 6) is -2.66. The molecule has 0 N–H and O–H groups in total. The summed E-state index contributed by atoms with van der Waals surface area (Å²) in [5, 5.41) is 0. The molecule has 3 nitrogen and oxygen atoms in total. The Hall–Kier alpha value is -1.92. The van der Waals surface area contributed by atoms with Crippen molar-refractivity contribution in [1.82, 2.24) is 0 Å². The van der Waals surface area contributed by atoms with E-state index >= 15 is 0 Å². The first-order valence-corrected chi connectivity index (χ1v) is 5.53. The van der Waals surface area contributed by atoms with Crippen LogP contribution in [0, 0.1) is 5.82 Å². The number of rotatable bonds is 3. The number of ketones is 1. The summed E-state index contributed by atoms with van der Waals surface area (Å²) in [6, 6.07) is 3.61. The molecule has 102 valence electrons. The minimum absolute atomic E-state index is 0.1000. The van der Waals surface area contributed by atoms with Crippen molar-refractivity contribution in [1.29, 1.82) is 0 Å². The molecule has 19 heavy (non-hydrogen) atoms.